The van der Waals surface area contributed by atoms with Crippen LogP contribution < -0.4 is 0 Å². The molecular weight excluding hydrogens is 198 g/mol. The van der Waals surface area contributed by atoms with Gasteiger partial charge in [0, 0.05) is 0 Å². The van der Waals surface area contributed by atoms with E-state index in [0.717, 1.165) is 0 Å². The fraction of sp³-hybridized carbons (Fsp3) is 0.143. The van der Waals surface area contributed by atoms with Gasteiger partial charge in [0.05, 0.1) is 5.56 Å². The minimum Gasteiger partial charge on any atom is -0.478 e. The van der Waals surface area contributed by atoms with Crippen LogP contribution in [0.25, 0.3) is 0 Å². The molecule has 1 N–H and O–H groups in total. The van der Waals surface area contributed by atoms with Crippen molar-refractivity contribution >= 4 is 29.3 Å². The van der Waals surface area contributed by atoms with Crippen molar-refractivity contribution in [3.63, 3.8) is 0 Å². The van der Waals surface area contributed by atoms with E-state index in [9.17, 15) is 4.79 Å². The number of aromatic nitrogens is 1. The quantitative estimate of drug-likeness (QED) is 0.591. The highest BCUT2D eigenvalue weighted by atomic mass is 35.5. The predicted molar refractivity (Wildman–Crippen MR) is 48.0 cm³/mol. The van der Waals surface area contributed by atoms with Crippen molar-refractivity contribution in [1.29, 1.82) is 0 Å². The lowest BCUT2D eigenvalue weighted by atomic mass is 10.3. The third kappa shape index (κ3) is 1.89. The summed E-state index contributed by atoms with van der Waals surface area (Å²) in [5.41, 5.74) is 0.187. The van der Waals surface area contributed by atoms with E-state index in [1.807, 2.05) is 0 Å². The topological polar surface area (TPSA) is 50.2 Å². The van der Waals surface area contributed by atoms with Gasteiger partial charge in [-0.15, -0.1) is 11.8 Å². The fourth-order valence-electron chi connectivity index (χ4n) is 0.736. The molecule has 0 aliphatic heterocycles. The Morgan fingerprint density at radius 3 is 2.83 bits per heavy atom. The highest BCUT2D eigenvalue weighted by Crippen LogP contribution is 2.20. The van der Waals surface area contributed by atoms with Crippen LogP contribution in [0.3, 0.4) is 0 Å². The van der Waals surface area contributed by atoms with Crippen molar-refractivity contribution in [3.05, 3.63) is 22.8 Å². The Kier molecular flexibility index (Phi) is 2.94. The first kappa shape index (κ1) is 9.35. The highest BCUT2D eigenvalue weighted by Gasteiger charge is 2.10. The number of carboxylic acids is 1. The second kappa shape index (κ2) is 3.78. The summed E-state index contributed by atoms with van der Waals surface area (Å²) in [6.07, 6.45) is 1.76. The third-order valence-corrected chi connectivity index (χ3v) is 2.16. The minimum absolute atomic E-state index is 0.187. The van der Waals surface area contributed by atoms with Gasteiger partial charge in [-0.3, -0.25) is 0 Å². The summed E-state index contributed by atoms with van der Waals surface area (Å²) >= 11 is 6.84. The minimum atomic E-state index is -0.983. The molecule has 1 aromatic heterocycles. The molecule has 0 bridgehead atoms. The number of hydrogen-bond donors (Lipinski definition) is 1. The molecule has 3 nitrogen and oxygen atoms in total. The largest absolute Gasteiger partial charge is 0.478 e. The van der Waals surface area contributed by atoms with Crippen molar-refractivity contribution in [3.8, 4) is 0 Å². The molecule has 0 amide bonds. The molecule has 0 spiro atoms. The van der Waals surface area contributed by atoms with E-state index in [2.05, 4.69) is 4.98 Å². The summed E-state index contributed by atoms with van der Waals surface area (Å²) < 4.78 is 0. The van der Waals surface area contributed by atoms with Gasteiger partial charge in [0.2, 0.25) is 0 Å². The van der Waals surface area contributed by atoms with Gasteiger partial charge >= 0.3 is 5.97 Å². The highest BCUT2D eigenvalue weighted by molar-refractivity contribution is 7.98. The monoisotopic (exact) mass is 203 g/mol. The van der Waals surface area contributed by atoms with Crippen molar-refractivity contribution in [1.82, 2.24) is 4.98 Å². The molecule has 0 atom stereocenters. The molecule has 1 heterocycles. The molecule has 0 saturated carbocycles. The molecular formula is C7H6ClNO2S. The van der Waals surface area contributed by atoms with Crippen molar-refractivity contribution in [2.45, 2.75) is 5.03 Å². The molecule has 0 radical (unpaired) electrons. The zero-order valence-electron chi connectivity index (χ0n) is 6.24. The Morgan fingerprint density at radius 2 is 2.33 bits per heavy atom. The molecule has 0 fully saturated rings. The molecule has 1 rings (SSSR count). The Bertz CT molecular complexity index is 316. The standard InChI is InChI=1S/C7H6ClNO2S/c1-12-6-4(7(10)11)2-3-5(8)9-6/h2-3H,1H3,(H,10,11). The molecule has 64 valence electrons. The zero-order valence-corrected chi connectivity index (χ0v) is 7.82. The van der Waals surface area contributed by atoms with Crippen LogP contribution in [0.15, 0.2) is 17.2 Å². The smallest absolute Gasteiger partial charge is 0.338 e. The van der Waals surface area contributed by atoms with E-state index < -0.39 is 5.97 Å². The van der Waals surface area contributed by atoms with Crippen molar-refractivity contribution < 1.29 is 9.90 Å². The first-order chi connectivity index (χ1) is 5.65. The normalized spacial score (nSPS) is 9.83. The Hall–Kier alpha value is -0.740. The Morgan fingerprint density at radius 1 is 1.67 bits per heavy atom. The summed E-state index contributed by atoms with van der Waals surface area (Å²) in [6, 6.07) is 2.91. The maximum atomic E-state index is 10.6. The third-order valence-electron chi connectivity index (χ3n) is 1.25. The maximum Gasteiger partial charge on any atom is 0.338 e. The second-order valence-electron chi connectivity index (χ2n) is 2.00. The van der Waals surface area contributed by atoms with E-state index in [0.29, 0.717) is 10.2 Å². The van der Waals surface area contributed by atoms with E-state index in [1.165, 1.54) is 23.9 Å². The lowest BCUT2D eigenvalue weighted by molar-refractivity contribution is 0.0692. The van der Waals surface area contributed by atoms with Gasteiger partial charge in [-0.2, -0.15) is 0 Å². The first-order valence-corrected chi connectivity index (χ1v) is 4.69. The predicted octanol–water partition coefficient (Wildman–Crippen LogP) is 2.16. The molecule has 0 aliphatic rings. The van der Waals surface area contributed by atoms with Crippen LogP contribution in [0.5, 0.6) is 0 Å². The number of nitrogens with zero attached hydrogens (tertiary/aromatic N) is 1. The average molecular weight is 204 g/mol. The average Bonchev–Trinajstić information content (AvgIpc) is 2.03. The van der Waals surface area contributed by atoms with E-state index in [-0.39, 0.29) is 5.56 Å². The molecule has 12 heavy (non-hydrogen) atoms. The molecule has 0 unspecified atom stereocenters. The molecule has 0 saturated heterocycles. The van der Waals surface area contributed by atoms with Gasteiger partial charge < -0.3 is 5.11 Å². The number of carboxylic acid groups (broad SMARTS) is 1. The van der Waals surface area contributed by atoms with E-state index in [1.54, 1.807) is 6.26 Å². The molecule has 1 aromatic rings. The van der Waals surface area contributed by atoms with Gasteiger partial charge in [0.15, 0.2) is 0 Å². The summed E-state index contributed by atoms with van der Waals surface area (Å²) in [7, 11) is 0. The van der Waals surface area contributed by atoms with Crippen LogP contribution in [0.1, 0.15) is 10.4 Å². The summed E-state index contributed by atoms with van der Waals surface area (Å²) in [4.78, 5) is 14.5. The van der Waals surface area contributed by atoms with Crippen molar-refractivity contribution in [2.75, 3.05) is 6.26 Å². The van der Waals surface area contributed by atoms with Crippen LogP contribution in [0.4, 0.5) is 0 Å². The van der Waals surface area contributed by atoms with Crippen LogP contribution in [0.2, 0.25) is 5.15 Å². The van der Waals surface area contributed by atoms with Gasteiger partial charge in [-0.05, 0) is 18.4 Å². The number of halogens is 1. The number of pyridine rings is 1. The lowest BCUT2D eigenvalue weighted by Gasteiger charge is -2.00. The van der Waals surface area contributed by atoms with Gasteiger partial charge in [-0.1, -0.05) is 11.6 Å². The van der Waals surface area contributed by atoms with E-state index >= 15 is 0 Å². The van der Waals surface area contributed by atoms with Gasteiger partial charge in [0.25, 0.3) is 0 Å². The summed E-state index contributed by atoms with van der Waals surface area (Å²) in [5, 5.41) is 9.44. The van der Waals surface area contributed by atoms with Gasteiger partial charge in [0.1, 0.15) is 10.2 Å². The molecule has 0 aliphatic carbocycles. The van der Waals surface area contributed by atoms with Crippen molar-refractivity contribution in [2.24, 2.45) is 0 Å². The van der Waals surface area contributed by atoms with Crippen LogP contribution in [-0.2, 0) is 0 Å². The Labute approximate surface area is 78.8 Å². The number of aromatic carboxylic acids is 1. The first-order valence-electron chi connectivity index (χ1n) is 3.09. The van der Waals surface area contributed by atoms with Crippen LogP contribution >= 0.6 is 23.4 Å². The van der Waals surface area contributed by atoms with E-state index in [4.69, 9.17) is 16.7 Å². The van der Waals surface area contributed by atoms with Crippen LogP contribution in [0, 0.1) is 0 Å². The number of hydrogen-bond acceptors (Lipinski definition) is 3. The number of thioether (sulfide) groups is 1. The lowest BCUT2D eigenvalue weighted by Crippen LogP contribution is -2.00. The summed E-state index contributed by atoms with van der Waals surface area (Å²) in [6.45, 7) is 0. The second-order valence-corrected chi connectivity index (χ2v) is 3.18. The van der Waals surface area contributed by atoms with Crippen LogP contribution in [-0.4, -0.2) is 22.3 Å². The van der Waals surface area contributed by atoms with Gasteiger partial charge in [-0.25, -0.2) is 9.78 Å². The number of carbonyl (C=O) groups is 1. The maximum absolute atomic E-state index is 10.6. The number of rotatable bonds is 2. The Balaban J connectivity index is 3.20. The fourth-order valence-corrected chi connectivity index (χ4v) is 1.50. The summed E-state index contributed by atoms with van der Waals surface area (Å²) in [5.74, 6) is -0.983. The molecule has 5 heteroatoms. The SMILES string of the molecule is CSc1nc(Cl)ccc1C(=O)O. The zero-order chi connectivity index (χ0) is 9.14. The molecule has 0 aromatic carbocycles.